The van der Waals surface area contributed by atoms with Crippen LogP contribution in [0.5, 0.6) is 5.75 Å². The standard InChI is InChI=1S/C24H18BrClFN3O4/c25-17-7-12(10-28-30-23(32)20-13-1-2-14(9-13)21(20)24(30)33)8-18(26)22(17)34-11-19(31)29-16-5-3-15(27)4-6-16/h1-8,10,13-14,20-21H,9,11H2,(H,29,31)/t13-,14-,20-,21+/m0/s1. The molecule has 2 aliphatic carbocycles. The molecule has 5 rings (SSSR count). The first kappa shape index (κ1) is 22.7. The molecule has 2 fully saturated rings. The van der Waals surface area contributed by atoms with Crippen LogP contribution in [0.2, 0.25) is 5.02 Å². The molecule has 4 atom stereocenters. The van der Waals surface area contributed by atoms with E-state index in [4.69, 9.17) is 16.3 Å². The average Bonchev–Trinajstić information content (AvgIpc) is 3.47. The molecule has 1 aliphatic heterocycles. The van der Waals surface area contributed by atoms with Crippen molar-refractivity contribution in [3.8, 4) is 5.75 Å². The maximum atomic E-state index is 13.0. The van der Waals surface area contributed by atoms with E-state index in [1.165, 1.54) is 30.5 Å². The number of anilines is 1. The molecule has 0 unspecified atom stereocenters. The van der Waals surface area contributed by atoms with E-state index in [9.17, 15) is 18.8 Å². The molecule has 34 heavy (non-hydrogen) atoms. The SMILES string of the molecule is O=C(COc1c(Cl)cc(C=NN2C(=O)[C@@H]3[C@H](C2=O)[C@H]2C=C[C@H]3C2)cc1Br)Nc1ccc(F)cc1. The van der Waals surface area contributed by atoms with E-state index in [-0.39, 0.29) is 52.9 Å². The summed E-state index contributed by atoms with van der Waals surface area (Å²) in [7, 11) is 0. The van der Waals surface area contributed by atoms with Crippen LogP contribution in [0, 0.1) is 29.5 Å². The summed E-state index contributed by atoms with van der Waals surface area (Å²) in [5.74, 6) is -1.52. The molecule has 1 N–H and O–H groups in total. The van der Waals surface area contributed by atoms with E-state index < -0.39 is 11.7 Å². The van der Waals surface area contributed by atoms with Gasteiger partial charge in [0.25, 0.3) is 17.7 Å². The Kier molecular flexibility index (Phi) is 5.99. The highest BCUT2D eigenvalue weighted by atomic mass is 79.9. The van der Waals surface area contributed by atoms with Crippen LogP contribution in [-0.4, -0.2) is 35.6 Å². The highest BCUT2D eigenvalue weighted by molar-refractivity contribution is 9.10. The quantitative estimate of drug-likeness (QED) is 0.331. The Morgan fingerprint density at radius 2 is 1.82 bits per heavy atom. The molecule has 2 aromatic rings. The first-order valence-corrected chi connectivity index (χ1v) is 11.8. The molecular formula is C24H18BrClFN3O4. The van der Waals surface area contributed by atoms with Crippen molar-refractivity contribution in [1.82, 2.24) is 5.01 Å². The lowest BCUT2D eigenvalue weighted by atomic mass is 9.85. The monoisotopic (exact) mass is 545 g/mol. The summed E-state index contributed by atoms with van der Waals surface area (Å²) in [6, 6.07) is 8.56. The fourth-order valence-electron chi connectivity index (χ4n) is 4.78. The number of halogens is 3. The third-order valence-electron chi connectivity index (χ3n) is 6.27. The molecule has 1 heterocycles. The van der Waals surface area contributed by atoms with Gasteiger partial charge >= 0.3 is 0 Å². The molecule has 0 aromatic heterocycles. The van der Waals surface area contributed by atoms with Crippen LogP contribution < -0.4 is 10.1 Å². The Bertz CT molecular complexity index is 1200. The molecule has 174 valence electrons. The van der Waals surface area contributed by atoms with Crippen LogP contribution in [0.25, 0.3) is 0 Å². The van der Waals surface area contributed by atoms with Crippen molar-refractivity contribution in [2.45, 2.75) is 6.42 Å². The lowest BCUT2D eigenvalue weighted by Crippen LogP contribution is -2.28. The number of fused-ring (bicyclic) bond motifs is 5. The number of allylic oxidation sites excluding steroid dienone is 2. The van der Waals surface area contributed by atoms with Gasteiger partial charge in [-0.3, -0.25) is 14.4 Å². The number of amides is 3. The Balaban J connectivity index is 1.23. The molecule has 1 saturated carbocycles. The van der Waals surface area contributed by atoms with E-state index in [1.807, 2.05) is 12.2 Å². The lowest BCUT2D eigenvalue weighted by Gasteiger charge is -2.13. The third-order valence-corrected chi connectivity index (χ3v) is 7.14. The van der Waals surface area contributed by atoms with E-state index in [1.54, 1.807) is 12.1 Å². The van der Waals surface area contributed by atoms with Crippen molar-refractivity contribution in [2.24, 2.45) is 28.8 Å². The summed E-state index contributed by atoms with van der Waals surface area (Å²) in [4.78, 5) is 37.6. The molecular weight excluding hydrogens is 529 g/mol. The van der Waals surface area contributed by atoms with Crippen LogP contribution in [0.3, 0.4) is 0 Å². The summed E-state index contributed by atoms with van der Waals surface area (Å²) in [6.07, 6.45) is 6.31. The fraction of sp³-hybridized carbons (Fsp3) is 0.250. The van der Waals surface area contributed by atoms with E-state index in [0.29, 0.717) is 15.7 Å². The number of carbonyl (C=O) groups is 3. The molecule has 10 heteroatoms. The highest BCUT2D eigenvalue weighted by Gasteiger charge is 2.59. The van der Waals surface area contributed by atoms with E-state index in [0.717, 1.165) is 11.4 Å². The van der Waals surface area contributed by atoms with Crippen molar-refractivity contribution < 1.29 is 23.5 Å². The smallest absolute Gasteiger partial charge is 0.262 e. The van der Waals surface area contributed by atoms with Crippen LogP contribution in [0.4, 0.5) is 10.1 Å². The van der Waals surface area contributed by atoms with Crippen molar-refractivity contribution in [1.29, 1.82) is 0 Å². The van der Waals surface area contributed by atoms with Crippen molar-refractivity contribution in [3.05, 3.63) is 69.4 Å². The second-order valence-corrected chi connectivity index (χ2v) is 9.65. The number of benzene rings is 2. The van der Waals surface area contributed by atoms with Crippen molar-refractivity contribution in [3.63, 3.8) is 0 Å². The summed E-state index contributed by atoms with van der Waals surface area (Å²) >= 11 is 9.69. The van der Waals surface area contributed by atoms with Gasteiger partial charge in [-0.15, -0.1) is 0 Å². The van der Waals surface area contributed by atoms with Crippen LogP contribution in [0.15, 0.2) is 58.1 Å². The number of imide groups is 1. The first-order chi connectivity index (χ1) is 16.3. The number of nitrogens with one attached hydrogen (secondary N) is 1. The largest absolute Gasteiger partial charge is 0.481 e. The predicted octanol–water partition coefficient (Wildman–Crippen LogP) is 4.40. The highest BCUT2D eigenvalue weighted by Crippen LogP contribution is 2.52. The van der Waals surface area contributed by atoms with Crippen molar-refractivity contribution >= 4 is 57.2 Å². The fourth-order valence-corrected chi connectivity index (χ4v) is 5.77. The van der Waals surface area contributed by atoms with E-state index >= 15 is 0 Å². The minimum Gasteiger partial charge on any atom is -0.481 e. The van der Waals surface area contributed by atoms with Gasteiger partial charge in [0.05, 0.1) is 27.5 Å². The molecule has 0 radical (unpaired) electrons. The molecule has 2 aromatic carbocycles. The third kappa shape index (κ3) is 4.14. The molecule has 0 spiro atoms. The van der Waals surface area contributed by atoms with Gasteiger partial charge in [0, 0.05) is 5.69 Å². The number of carbonyl (C=O) groups excluding carboxylic acids is 3. The zero-order valence-electron chi connectivity index (χ0n) is 17.6. The molecule has 7 nitrogen and oxygen atoms in total. The zero-order chi connectivity index (χ0) is 24.0. The number of hydrazone groups is 1. The second kappa shape index (κ2) is 8.96. The number of hydrogen-bond donors (Lipinski definition) is 1. The van der Waals surface area contributed by atoms with Crippen molar-refractivity contribution in [2.75, 3.05) is 11.9 Å². The Morgan fingerprint density at radius 3 is 2.44 bits per heavy atom. The Labute approximate surface area is 207 Å². The number of hydrogen-bond acceptors (Lipinski definition) is 5. The summed E-state index contributed by atoms with van der Waals surface area (Å²) < 4.78 is 19.0. The topological polar surface area (TPSA) is 88.1 Å². The van der Waals surface area contributed by atoms with Gasteiger partial charge in [0.1, 0.15) is 5.82 Å². The Hall–Kier alpha value is -3.04. The van der Waals surface area contributed by atoms with Gasteiger partial charge in [0.15, 0.2) is 12.4 Å². The summed E-state index contributed by atoms with van der Waals surface area (Å²) in [5.41, 5.74) is 0.976. The van der Waals surface area contributed by atoms with Gasteiger partial charge in [-0.25, -0.2) is 4.39 Å². The minimum atomic E-state index is -0.444. The van der Waals surface area contributed by atoms with E-state index in [2.05, 4.69) is 26.3 Å². The average molecular weight is 547 g/mol. The van der Waals surface area contributed by atoms with Crippen LogP contribution in [0.1, 0.15) is 12.0 Å². The first-order valence-electron chi connectivity index (χ1n) is 10.6. The number of rotatable bonds is 6. The molecule has 1 saturated heterocycles. The predicted molar refractivity (Wildman–Crippen MR) is 127 cm³/mol. The van der Waals surface area contributed by atoms with Gasteiger partial charge in [-0.2, -0.15) is 10.1 Å². The summed E-state index contributed by atoms with van der Waals surface area (Å²) in [6.45, 7) is -0.320. The second-order valence-electron chi connectivity index (χ2n) is 8.39. The normalized spacial score (nSPS) is 24.9. The zero-order valence-corrected chi connectivity index (χ0v) is 19.9. The van der Waals surface area contributed by atoms with Crippen LogP contribution in [-0.2, 0) is 14.4 Å². The molecule has 3 aliphatic rings. The van der Waals surface area contributed by atoms with Gasteiger partial charge in [0.2, 0.25) is 0 Å². The maximum Gasteiger partial charge on any atom is 0.262 e. The number of nitrogens with zero attached hydrogens (tertiary/aromatic N) is 2. The number of ether oxygens (including phenoxy) is 1. The van der Waals surface area contributed by atoms with Gasteiger partial charge in [-0.1, -0.05) is 23.8 Å². The maximum absolute atomic E-state index is 13.0. The van der Waals surface area contributed by atoms with Gasteiger partial charge in [-0.05, 0) is 76.1 Å². The van der Waals surface area contributed by atoms with Gasteiger partial charge < -0.3 is 10.1 Å². The lowest BCUT2D eigenvalue weighted by molar-refractivity contribution is -0.140. The minimum absolute atomic E-state index is 0.118. The molecule has 2 bridgehead atoms. The Morgan fingerprint density at radius 1 is 1.18 bits per heavy atom. The molecule has 3 amide bonds. The van der Waals surface area contributed by atoms with Crippen LogP contribution >= 0.6 is 27.5 Å². The summed E-state index contributed by atoms with van der Waals surface area (Å²) in [5, 5.41) is 7.91.